The van der Waals surface area contributed by atoms with E-state index in [2.05, 4.69) is 31.9 Å². The monoisotopic (exact) mass is 796 g/mol. The quantitative estimate of drug-likeness (QED) is 0.234. The van der Waals surface area contributed by atoms with Crippen LogP contribution >= 0.6 is 43.5 Å². The first kappa shape index (κ1) is 32.5. The number of rotatable bonds is 4. The Morgan fingerprint density at radius 1 is 0.938 bits per heavy atom. The summed E-state index contributed by atoms with van der Waals surface area (Å²) in [7, 11) is 2.50. The van der Waals surface area contributed by atoms with Gasteiger partial charge in [0, 0.05) is 15.4 Å². The number of methoxy groups -OCH3 is 2. The van der Waals surface area contributed by atoms with Crippen molar-refractivity contribution in [2.24, 2.45) is 23.7 Å². The molecule has 2 aliphatic heterocycles. The number of aromatic hydroxyl groups is 1. The number of amides is 5. The highest BCUT2D eigenvalue weighted by Gasteiger charge is 2.70. The van der Waals surface area contributed by atoms with Crippen LogP contribution in [0.1, 0.15) is 29.9 Å². The minimum Gasteiger partial charge on any atom is -0.503 e. The molecule has 0 radical (unpaired) electrons. The van der Waals surface area contributed by atoms with Gasteiger partial charge in [0.05, 0.1) is 47.5 Å². The molecular formula is C35H27Br2ClN2O8. The number of phenols is 1. The number of fused-ring (bicyclic) bond motifs is 4. The van der Waals surface area contributed by atoms with Crippen molar-refractivity contribution in [3.8, 4) is 11.5 Å². The molecule has 3 aromatic carbocycles. The number of likely N-dealkylation sites (tertiary alicyclic amines) is 1. The number of hydrogen-bond donors (Lipinski definition) is 1. The summed E-state index contributed by atoms with van der Waals surface area (Å²) in [5.74, 6) is -6.85. The van der Waals surface area contributed by atoms with Crippen molar-refractivity contribution in [1.82, 2.24) is 4.90 Å². The maximum atomic E-state index is 15.3. The molecule has 5 amide bonds. The number of benzene rings is 3. The molecule has 0 spiro atoms. The summed E-state index contributed by atoms with van der Waals surface area (Å²) in [5.41, 5.74) is 0.495. The highest BCUT2D eigenvalue weighted by molar-refractivity contribution is 9.13. The van der Waals surface area contributed by atoms with Crippen LogP contribution in [0.25, 0.3) is 0 Å². The van der Waals surface area contributed by atoms with Gasteiger partial charge in [0.1, 0.15) is 0 Å². The fourth-order valence-corrected chi connectivity index (χ4v) is 9.48. The molecule has 13 heteroatoms. The van der Waals surface area contributed by atoms with E-state index >= 15 is 4.79 Å². The standard InChI is InChI=1S/C35H27Br2ClN2O8/c1-47-24-15-22(27(36)28(37)29(24)41)26-19-11-12-20-25(32(44)40(30(20)42)34(46)48-2)21(19)14-23-31(43)39(18-10-6-9-17(38)13-18)33(45)35(23,26)16-7-4-3-5-8-16/h3-11,13,15,20-21,23,25-26,41H,12,14H2,1-2H3/t20-,21+,23-,25-,26+,35+/m0/s1. The molecule has 2 aliphatic carbocycles. The second kappa shape index (κ2) is 11.9. The first-order valence-electron chi connectivity index (χ1n) is 15.1. The van der Waals surface area contributed by atoms with Crippen LogP contribution in [0.4, 0.5) is 10.5 Å². The second-order valence-corrected chi connectivity index (χ2v) is 14.2. The van der Waals surface area contributed by atoms with Crippen molar-refractivity contribution in [2.45, 2.75) is 24.2 Å². The van der Waals surface area contributed by atoms with E-state index in [0.717, 1.165) is 12.0 Å². The van der Waals surface area contributed by atoms with E-state index in [4.69, 9.17) is 21.1 Å². The van der Waals surface area contributed by atoms with Crippen LogP contribution in [0.2, 0.25) is 5.02 Å². The highest BCUT2D eigenvalue weighted by atomic mass is 79.9. The molecule has 0 aromatic heterocycles. The van der Waals surface area contributed by atoms with E-state index in [1.54, 1.807) is 42.5 Å². The average molecular weight is 799 g/mol. The maximum Gasteiger partial charge on any atom is 0.423 e. The number of carbonyl (C=O) groups is 5. The zero-order valence-electron chi connectivity index (χ0n) is 25.5. The fourth-order valence-electron chi connectivity index (χ4n) is 8.34. The fraction of sp³-hybridized carbons (Fsp3) is 0.286. The van der Waals surface area contributed by atoms with Crippen molar-refractivity contribution in [2.75, 3.05) is 19.1 Å². The minimum atomic E-state index is -1.55. The molecule has 48 heavy (non-hydrogen) atoms. The molecule has 1 saturated carbocycles. The molecule has 7 rings (SSSR count). The zero-order chi connectivity index (χ0) is 34.2. The third-order valence-corrected chi connectivity index (χ3v) is 12.6. The van der Waals surface area contributed by atoms with Crippen LogP contribution in [0.5, 0.6) is 11.5 Å². The van der Waals surface area contributed by atoms with Gasteiger partial charge in [-0.05, 0) is 86.0 Å². The van der Waals surface area contributed by atoms with Crippen molar-refractivity contribution in [1.29, 1.82) is 0 Å². The number of anilines is 1. The average Bonchev–Trinajstić information content (AvgIpc) is 3.48. The molecule has 2 saturated heterocycles. The van der Waals surface area contributed by atoms with Crippen LogP contribution in [0, 0.1) is 23.7 Å². The van der Waals surface area contributed by atoms with Gasteiger partial charge in [0.2, 0.25) is 23.6 Å². The number of halogens is 3. The summed E-state index contributed by atoms with van der Waals surface area (Å²) >= 11 is 13.5. The Labute approximate surface area is 296 Å². The number of carbonyl (C=O) groups excluding carboxylic acids is 5. The van der Waals surface area contributed by atoms with E-state index in [0.29, 0.717) is 36.8 Å². The van der Waals surface area contributed by atoms with Crippen molar-refractivity contribution >= 4 is 78.9 Å². The molecule has 6 atom stereocenters. The van der Waals surface area contributed by atoms with Crippen LogP contribution in [0.3, 0.4) is 0 Å². The third-order valence-electron chi connectivity index (χ3n) is 10.2. The highest BCUT2D eigenvalue weighted by Crippen LogP contribution is 2.66. The Hall–Kier alpha value is -4.00. The molecule has 4 aliphatic rings. The Morgan fingerprint density at radius 3 is 2.33 bits per heavy atom. The molecule has 1 N–H and O–H groups in total. The van der Waals surface area contributed by atoms with Gasteiger partial charge in [0.15, 0.2) is 11.5 Å². The smallest absolute Gasteiger partial charge is 0.423 e. The summed E-state index contributed by atoms with van der Waals surface area (Å²) in [5, 5.41) is 11.2. The lowest BCUT2D eigenvalue weighted by molar-refractivity contribution is -0.138. The van der Waals surface area contributed by atoms with Gasteiger partial charge in [0.25, 0.3) is 0 Å². The molecule has 246 valence electrons. The lowest BCUT2D eigenvalue weighted by atomic mass is 9.49. The molecular weight excluding hydrogens is 772 g/mol. The normalized spacial score (nSPS) is 27.8. The van der Waals surface area contributed by atoms with Crippen LogP contribution in [0.15, 0.2) is 81.3 Å². The summed E-state index contributed by atoms with van der Waals surface area (Å²) in [6.45, 7) is 0. The first-order valence-corrected chi connectivity index (χ1v) is 17.0. The van der Waals surface area contributed by atoms with Crippen LogP contribution in [-0.4, -0.2) is 53.9 Å². The lowest BCUT2D eigenvalue weighted by Crippen LogP contribution is -2.53. The lowest BCUT2D eigenvalue weighted by Gasteiger charge is -2.51. The number of nitrogens with zero attached hydrogens (tertiary/aromatic N) is 2. The molecule has 3 aromatic rings. The third kappa shape index (κ3) is 4.38. The van der Waals surface area contributed by atoms with E-state index in [1.807, 2.05) is 24.3 Å². The van der Waals surface area contributed by atoms with E-state index < -0.39 is 64.7 Å². The van der Waals surface area contributed by atoms with Crippen molar-refractivity contribution in [3.05, 3.63) is 97.4 Å². The van der Waals surface area contributed by atoms with Crippen LogP contribution < -0.4 is 9.64 Å². The van der Waals surface area contributed by atoms with Crippen molar-refractivity contribution < 1.29 is 38.6 Å². The van der Waals surface area contributed by atoms with Gasteiger partial charge in [-0.25, -0.2) is 9.69 Å². The second-order valence-electron chi connectivity index (χ2n) is 12.2. The topological polar surface area (TPSA) is 131 Å². The largest absolute Gasteiger partial charge is 0.503 e. The predicted octanol–water partition coefficient (Wildman–Crippen LogP) is 6.51. The first-order chi connectivity index (χ1) is 23.0. The number of hydrogen-bond acceptors (Lipinski definition) is 8. The number of imide groups is 4. The molecule has 0 unspecified atom stereocenters. The van der Waals surface area contributed by atoms with Gasteiger partial charge in [-0.1, -0.05) is 59.6 Å². The molecule has 0 bridgehead atoms. The maximum absolute atomic E-state index is 15.3. The summed E-state index contributed by atoms with van der Waals surface area (Å²) in [4.78, 5) is 71.9. The van der Waals surface area contributed by atoms with Crippen molar-refractivity contribution in [3.63, 3.8) is 0 Å². The summed E-state index contributed by atoms with van der Waals surface area (Å²) in [6.07, 6.45) is 0.959. The SMILES string of the molecule is COC(=O)N1C(=O)[C@H]2[C@H](CC=C3[C@H]2C[C@H]2C(=O)N(c4cccc(Cl)c4)C(=O)[C@@]2(c2ccccc2)[C@H]3c2cc(OC)c(O)c(Br)c2Br)C1=O. The number of allylic oxidation sites excluding steroid dienone is 2. The molecule has 3 fully saturated rings. The number of phenolic OH excluding ortho intramolecular Hbond substituents is 1. The van der Waals surface area contributed by atoms with Gasteiger partial charge >= 0.3 is 6.09 Å². The number of ether oxygens (including phenoxy) is 2. The summed E-state index contributed by atoms with van der Waals surface area (Å²) < 4.78 is 11.0. The van der Waals surface area contributed by atoms with Gasteiger partial charge in [-0.15, -0.1) is 0 Å². The molecule has 2 heterocycles. The molecule has 10 nitrogen and oxygen atoms in total. The van der Waals surface area contributed by atoms with Crippen LogP contribution in [-0.2, 0) is 29.3 Å². The van der Waals surface area contributed by atoms with E-state index in [-0.39, 0.29) is 28.8 Å². The van der Waals surface area contributed by atoms with Gasteiger partial charge in [-0.3, -0.25) is 19.2 Å². The Morgan fingerprint density at radius 2 is 1.67 bits per heavy atom. The van der Waals surface area contributed by atoms with Gasteiger partial charge in [-0.2, -0.15) is 4.90 Å². The zero-order valence-corrected chi connectivity index (χ0v) is 29.4. The Kier molecular flexibility index (Phi) is 8.04. The Balaban J connectivity index is 1.54. The van der Waals surface area contributed by atoms with E-state index in [1.165, 1.54) is 7.11 Å². The van der Waals surface area contributed by atoms with Gasteiger partial charge < -0.3 is 14.6 Å². The summed E-state index contributed by atoms with van der Waals surface area (Å²) in [6, 6.07) is 17.1. The van der Waals surface area contributed by atoms with E-state index in [9.17, 15) is 24.3 Å². The minimum absolute atomic E-state index is 0.0437. The Bertz CT molecular complexity index is 1970. The predicted molar refractivity (Wildman–Crippen MR) is 180 cm³/mol.